The van der Waals surface area contributed by atoms with Crippen LogP contribution in [0.2, 0.25) is 0 Å². The molecule has 0 radical (unpaired) electrons. The van der Waals surface area contributed by atoms with Crippen molar-refractivity contribution in [1.82, 2.24) is 10.2 Å². The Morgan fingerprint density at radius 2 is 1.68 bits per heavy atom. The second-order valence-electron chi connectivity index (χ2n) is 11.9. The standard InChI is InChI=1S/C32H41N3O4S/c1-21-12-11-13-22(2)26(21)34-29(38)27-32-17-16-31(3,40-32)24(28(37)33-20-23-14-7-6-8-15-23)25(32)30(39)35(27)18-9-4-5-10-19-36/h6-8,11-15,24-25,27,36H,4-5,9-10,16-20H2,1-3H3,(H,33,37)(H,34,38)/t24-,25+,27?,31+,32?/m1/s1. The quantitative estimate of drug-likeness (QED) is 0.348. The molecular weight excluding hydrogens is 522 g/mol. The summed E-state index contributed by atoms with van der Waals surface area (Å²) in [7, 11) is 0. The molecule has 3 fully saturated rings. The Labute approximate surface area is 241 Å². The van der Waals surface area contributed by atoms with Crippen LogP contribution in [-0.4, -0.2) is 56.4 Å². The highest BCUT2D eigenvalue weighted by Gasteiger charge is 2.77. The fourth-order valence-electron chi connectivity index (χ4n) is 7.21. The minimum Gasteiger partial charge on any atom is -0.396 e. The summed E-state index contributed by atoms with van der Waals surface area (Å²) in [4.78, 5) is 44.0. The Morgan fingerprint density at radius 1 is 0.975 bits per heavy atom. The maximum Gasteiger partial charge on any atom is 0.248 e. The minimum absolute atomic E-state index is 0.0698. The lowest BCUT2D eigenvalue weighted by molar-refractivity contribution is -0.140. The van der Waals surface area contributed by atoms with Crippen molar-refractivity contribution in [2.45, 2.75) is 81.4 Å². The number of hydrogen-bond acceptors (Lipinski definition) is 5. The monoisotopic (exact) mass is 563 g/mol. The summed E-state index contributed by atoms with van der Waals surface area (Å²) in [6.45, 7) is 7.10. The van der Waals surface area contributed by atoms with Crippen LogP contribution >= 0.6 is 11.8 Å². The molecule has 3 heterocycles. The Kier molecular flexibility index (Phi) is 8.30. The SMILES string of the molecule is Cc1cccc(C)c1NC(=O)C1N(CCCCCCO)C(=O)[C@@H]2[C@H](C(=O)NCc3ccccc3)[C@]3(C)CCC12S3. The number of likely N-dealkylation sites (tertiary alicyclic amines) is 1. The van der Waals surface area contributed by atoms with Crippen LogP contribution in [0.1, 0.15) is 62.1 Å². The van der Waals surface area contributed by atoms with Gasteiger partial charge < -0.3 is 20.6 Å². The maximum atomic E-state index is 14.2. The smallest absolute Gasteiger partial charge is 0.248 e. The fraction of sp³-hybridized carbons (Fsp3) is 0.531. The van der Waals surface area contributed by atoms with Gasteiger partial charge in [-0.05, 0) is 63.1 Å². The summed E-state index contributed by atoms with van der Waals surface area (Å²) in [5.74, 6) is -1.35. The largest absolute Gasteiger partial charge is 0.396 e. The Bertz CT molecular complexity index is 1250. The van der Waals surface area contributed by atoms with Gasteiger partial charge in [0.05, 0.1) is 16.6 Å². The third-order valence-electron chi connectivity index (χ3n) is 9.15. The first kappa shape index (κ1) is 28.7. The number of nitrogens with zero attached hydrogens (tertiary/aromatic N) is 1. The summed E-state index contributed by atoms with van der Waals surface area (Å²) >= 11 is 1.70. The molecule has 2 aromatic carbocycles. The molecule has 3 amide bonds. The Balaban J connectivity index is 1.44. The average molecular weight is 564 g/mol. The van der Waals surface area contributed by atoms with Crippen molar-refractivity contribution in [3.8, 4) is 0 Å². The molecule has 3 saturated heterocycles. The molecule has 5 rings (SSSR count). The summed E-state index contributed by atoms with van der Waals surface area (Å²) in [5, 5.41) is 15.5. The van der Waals surface area contributed by atoms with Crippen molar-refractivity contribution < 1.29 is 19.5 Å². The van der Waals surface area contributed by atoms with Crippen LogP contribution in [0, 0.1) is 25.7 Å². The highest BCUT2D eigenvalue weighted by atomic mass is 32.2. The number of anilines is 1. The van der Waals surface area contributed by atoms with Crippen LogP contribution in [0.5, 0.6) is 0 Å². The average Bonchev–Trinajstić information content (AvgIpc) is 3.50. The summed E-state index contributed by atoms with van der Waals surface area (Å²) < 4.78 is -1.03. The second-order valence-corrected chi connectivity index (χ2v) is 13.8. The zero-order valence-electron chi connectivity index (χ0n) is 23.7. The zero-order valence-corrected chi connectivity index (χ0v) is 24.6. The molecule has 2 bridgehead atoms. The summed E-state index contributed by atoms with van der Waals surface area (Å²) in [6.07, 6.45) is 4.77. The van der Waals surface area contributed by atoms with Crippen LogP contribution in [0.15, 0.2) is 48.5 Å². The first-order valence-electron chi connectivity index (χ1n) is 14.5. The van der Waals surface area contributed by atoms with E-state index in [1.54, 1.807) is 16.7 Å². The topological polar surface area (TPSA) is 98.7 Å². The lowest BCUT2D eigenvalue weighted by Gasteiger charge is -2.35. The second kappa shape index (κ2) is 11.6. The van der Waals surface area contributed by atoms with E-state index in [2.05, 4.69) is 17.6 Å². The number of hydrogen-bond donors (Lipinski definition) is 3. The van der Waals surface area contributed by atoms with Gasteiger partial charge in [-0.25, -0.2) is 0 Å². The number of rotatable bonds is 11. The molecule has 8 heteroatoms. The number of carbonyl (C=O) groups is 3. The maximum absolute atomic E-state index is 14.2. The van der Waals surface area contributed by atoms with Gasteiger partial charge in [-0.3, -0.25) is 14.4 Å². The van der Waals surface area contributed by atoms with E-state index < -0.39 is 27.4 Å². The highest BCUT2D eigenvalue weighted by molar-refractivity contribution is 8.02. The van der Waals surface area contributed by atoms with Gasteiger partial charge >= 0.3 is 0 Å². The minimum atomic E-state index is -0.638. The third kappa shape index (κ3) is 5.05. The number of carbonyl (C=O) groups excluding carboxylic acids is 3. The summed E-state index contributed by atoms with van der Waals surface area (Å²) in [5.41, 5.74) is 3.77. The molecule has 0 aromatic heterocycles. The molecule has 2 aromatic rings. The van der Waals surface area contributed by atoms with Crippen LogP contribution in [0.3, 0.4) is 0 Å². The zero-order chi connectivity index (χ0) is 28.5. The molecule has 214 valence electrons. The van der Waals surface area contributed by atoms with E-state index in [-0.39, 0.29) is 24.3 Å². The van der Waals surface area contributed by atoms with Gasteiger partial charge in [0.15, 0.2) is 0 Å². The van der Waals surface area contributed by atoms with Gasteiger partial charge in [0, 0.05) is 30.1 Å². The van der Waals surface area contributed by atoms with Crippen LogP contribution in [-0.2, 0) is 20.9 Å². The molecule has 3 aliphatic rings. The molecule has 0 saturated carbocycles. The molecular formula is C32H41N3O4S. The third-order valence-corrected chi connectivity index (χ3v) is 11.1. The number of fused-ring (bicyclic) bond motifs is 1. The molecule has 5 atom stereocenters. The number of para-hydroxylation sites is 1. The lowest BCUT2D eigenvalue weighted by atomic mass is 9.66. The fourth-order valence-corrected chi connectivity index (χ4v) is 9.57. The van der Waals surface area contributed by atoms with Crippen LogP contribution in [0.25, 0.3) is 0 Å². The van der Waals surface area contributed by atoms with Gasteiger partial charge in [0.2, 0.25) is 17.7 Å². The lowest BCUT2D eigenvalue weighted by Crippen LogP contribution is -2.52. The predicted octanol–water partition coefficient (Wildman–Crippen LogP) is 4.59. The Morgan fingerprint density at radius 3 is 2.38 bits per heavy atom. The van der Waals surface area contributed by atoms with E-state index in [1.807, 2.05) is 62.4 Å². The van der Waals surface area contributed by atoms with Crippen LogP contribution in [0.4, 0.5) is 5.69 Å². The number of benzene rings is 2. The van der Waals surface area contributed by atoms with Crippen molar-refractivity contribution in [3.05, 3.63) is 65.2 Å². The molecule has 0 aliphatic carbocycles. The number of thioether (sulfide) groups is 1. The van der Waals surface area contributed by atoms with Crippen molar-refractivity contribution >= 4 is 35.2 Å². The molecule has 40 heavy (non-hydrogen) atoms. The van der Waals surface area contributed by atoms with Gasteiger partial charge in [-0.15, -0.1) is 11.8 Å². The number of aliphatic hydroxyl groups is 1. The molecule has 7 nitrogen and oxygen atoms in total. The van der Waals surface area contributed by atoms with Crippen molar-refractivity contribution in [3.63, 3.8) is 0 Å². The first-order chi connectivity index (χ1) is 19.2. The molecule has 1 spiro atoms. The van der Waals surface area contributed by atoms with Gasteiger partial charge in [0.1, 0.15) is 6.04 Å². The Hall–Kier alpha value is -2.84. The number of unbranched alkanes of at least 4 members (excludes halogenated alkanes) is 3. The van der Waals surface area contributed by atoms with Crippen LogP contribution < -0.4 is 10.6 Å². The van der Waals surface area contributed by atoms with Crippen molar-refractivity contribution in [1.29, 1.82) is 0 Å². The summed E-state index contributed by atoms with van der Waals surface area (Å²) in [6, 6.07) is 15.1. The van der Waals surface area contributed by atoms with Crippen molar-refractivity contribution in [2.24, 2.45) is 11.8 Å². The molecule has 3 aliphatic heterocycles. The van der Waals surface area contributed by atoms with E-state index in [9.17, 15) is 14.4 Å². The van der Waals surface area contributed by atoms with Gasteiger partial charge in [-0.2, -0.15) is 0 Å². The number of nitrogens with one attached hydrogen (secondary N) is 2. The van der Waals surface area contributed by atoms with E-state index in [0.29, 0.717) is 13.1 Å². The molecule has 2 unspecified atom stereocenters. The van der Waals surface area contributed by atoms with E-state index in [1.165, 1.54) is 0 Å². The van der Waals surface area contributed by atoms with E-state index >= 15 is 0 Å². The van der Waals surface area contributed by atoms with E-state index in [0.717, 1.165) is 60.9 Å². The number of amides is 3. The van der Waals surface area contributed by atoms with E-state index in [4.69, 9.17) is 5.11 Å². The first-order valence-corrected chi connectivity index (χ1v) is 15.3. The van der Waals surface area contributed by atoms with Gasteiger partial charge in [-0.1, -0.05) is 61.4 Å². The predicted molar refractivity (Wildman–Crippen MR) is 159 cm³/mol. The normalized spacial score (nSPS) is 28.6. The highest BCUT2D eigenvalue weighted by Crippen LogP contribution is 2.71. The number of aryl methyl sites for hydroxylation is 2. The molecule has 3 N–H and O–H groups in total. The van der Waals surface area contributed by atoms with Gasteiger partial charge in [0.25, 0.3) is 0 Å². The number of aliphatic hydroxyl groups excluding tert-OH is 1. The van der Waals surface area contributed by atoms with Crippen molar-refractivity contribution in [2.75, 3.05) is 18.5 Å².